The van der Waals surface area contributed by atoms with Gasteiger partial charge in [0.05, 0.1) is 23.1 Å². The summed E-state index contributed by atoms with van der Waals surface area (Å²) in [6.07, 6.45) is 0. The minimum atomic E-state index is -1.55. The largest absolute Gasteiger partial charge is 0.375 e. The molecule has 0 saturated heterocycles. The van der Waals surface area contributed by atoms with E-state index in [1.165, 1.54) is 4.57 Å². The second kappa shape index (κ2) is 5.87. The lowest BCUT2D eigenvalue weighted by Gasteiger charge is -2.10. The van der Waals surface area contributed by atoms with Crippen LogP contribution in [0.25, 0.3) is 16.7 Å². The van der Waals surface area contributed by atoms with Gasteiger partial charge < -0.3 is 5.32 Å². The van der Waals surface area contributed by atoms with Crippen LogP contribution in [0, 0.1) is 17.5 Å². The first-order valence-corrected chi connectivity index (χ1v) is 7.68. The average molecular weight is 359 g/mol. The lowest BCUT2D eigenvalue weighted by molar-refractivity contribution is 0.449. The van der Waals surface area contributed by atoms with E-state index in [2.05, 4.69) is 15.5 Å². The number of aryl methyl sites for hydroxylation is 1. The first-order chi connectivity index (χ1) is 12.5. The molecule has 0 unspecified atom stereocenters. The van der Waals surface area contributed by atoms with Crippen LogP contribution in [-0.2, 0) is 13.6 Å². The van der Waals surface area contributed by atoms with Crippen molar-refractivity contribution in [2.45, 2.75) is 6.54 Å². The molecule has 0 aliphatic rings. The van der Waals surface area contributed by atoms with E-state index in [4.69, 9.17) is 0 Å². The van der Waals surface area contributed by atoms with E-state index in [0.717, 1.165) is 12.1 Å². The Morgan fingerprint density at radius 2 is 1.81 bits per heavy atom. The summed E-state index contributed by atoms with van der Waals surface area (Å²) in [4.78, 5) is 12.4. The van der Waals surface area contributed by atoms with Crippen LogP contribution < -0.4 is 10.9 Å². The number of anilines is 1. The Balaban J connectivity index is 1.81. The molecule has 2 aromatic carbocycles. The molecule has 6 nitrogen and oxygen atoms in total. The lowest BCUT2D eigenvalue weighted by atomic mass is 10.2. The fourth-order valence-electron chi connectivity index (χ4n) is 2.84. The molecule has 0 aliphatic carbocycles. The Bertz CT molecular complexity index is 1210. The molecule has 0 saturated carbocycles. The number of nitrogens with one attached hydrogen (secondary N) is 1. The Morgan fingerprint density at radius 3 is 2.62 bits per heavy atom. The Kier molecular flexibility index (Phi) is 3.64. The van der Waals surface area contributed by atoms with Crippen LogP contribution in [0.1, 0.15) is 5.82 Å². The maximum Gasteiger partial charge on any atom is 0.262 e. The van der Waals surface area contributed by atoms with Crippen LogP contribution in [0.15, 0.2) is 41.2 Å². The quantitative estimate of drug-likeness (QED) is 0.571. The molecule has 0 bridgehead atoms. The van der Waals surface area contributed by atoms with E-state index in [1.54, 1.807) is 35.7 Å². The van der Waals surface area contributed by atoms with Crippen molar-refractivity contribution in [3.05, 3.63) is 70.0 Å². The molecule has 0 aliphatic heterocycles. The number of aromatic nitrogens is 4. The van der Waals surface area contributed by atoms with Gasteiger partial charge >= 0.3 is 0 Å². The lowest BCUT2D eigenvalue weighted by Crippen LogP contribution is -2.20. The van der Waals surface area contributed by atoms with Gasteiger partial charge in [-0.05, 0) is 24.3 Å². The van der Waals surface area contributed by atoms with Crippen LogP contribution in [0.3, 0.4) is 0 Å². The van der Waals surface area contributed by atoms with E-state index in [9.17, 15) is 18.0 Å². The van der Waals surface area contributed by atoms with E-state index in [-0.39, 0.29) is 17.8 Å². The minimum absolute atomic E-state index is 0.00857. The molecule has 2 aromatic heterocycles. The fraction of sp³-hybridized carbons (Fsp3) is 0.118. The maximum atomic E-state index is 13.8. The topological polar surface area (TPSA) is 64.2 Å². The van der Waals surface area contributed by atoms with E-state index in [1.807, 2.05) is 0 Å². The van der Waals surface area contributed by atoms with Gasteiger partial charge in [0.25, 0.3) is 5.56 Å². The van der Waals surface area contributed by atoms with Gasteiger partial charge in [0.15, 0.2) is 23.3 Å². The van der Waals surface area contributed by atoms with E-state index < -0.39 is 17.5 Å². The summed E-state index contributed by atoms with van der Waals surface area (Å²) in [6, 6.07) is 8.88. The summed E-state index contributed by atoms with van der Waals surface area (Å²) in [5.41, 5.74) is 0.180. The van der Waals surface area contributed by atoms with Crippen LogP contribution in [0.2, 0.25) is 0 Å². The molecule has 2 heterocycles. The third-order valence-corrected chi connectivity index (χ3v) is 4.17. The molecule has 132 valence electrons. The molecule has 9 heteroatoms. The number of hydrogen-bond donors (Lipinski definition) is 1. The summed E-state index contributed by atoms with van der Waals surface area (Å²) in [7, 11) is 1.57. The highest BCUT2D eigenvalue weighted by Gasteiger charge is 2.16. The zero-order chi connectivity index (χ0) is 18.4. The van der Waals surface area contributed by atoms with E-state index in [0.29, 0.717) is 22.5 Å². The number of nitrogens with zero attached hydrogens (tertiary/aromatic N) is 4. The van der Waals surface area contributed by atoms with Gasteiger partial charge in [-0.25, -0.2) is 13.2 Å². The molecule has 4 aromatic rings. The monoisotopic (exact) mass is 359 g/mol. The highest BCUT2D eigenvalue weighted by Crippen LogP contribution is 2.21. The second-order valence-electron chi connectivity index (χ2n) is 5.71. The first kappa shape index (κ1) is 16.1. The average Bonchev–Trinajstić information content (AvgIpc) is 3.08. The summed E-state index contributed by atoms with van der Waals surface area (Å²) < 4.78 is 43.2. The number of para-hydroxylation sites is 1. The van der Waals surface area contributed by atoms with Gasteiger partial charge in [-0.3, -0.25) is 13.8 Å². The van der Waals surface area contributed by atoms with Gasteiger partial charge in [-0.2, -0.15) is 0 Å². The van der Waals surface area contributed by atoms with Crippen molar-refractivity contribution in [3.63, 3.8) is 0 Å². The Labute approximate surface area is 144 Å². The predicted molar refractivity (Wildman–Crippen MR) is 89.4 cm³/mol. The van der Waals surface area contributed by atoms with Gasteiger partial charge in [-0.1, -0.05) is 12.1 Å². The number of rotatable bonds is 3. The number of benzene rings is 2. The van der Waals surface area contributed by atoms with Crippen molar-refractivity contribution >= 4 is 22.4 Å². The summed E-state index contributed by atoms with van der Waals surface area (Å²) in [5.74, 6) is -3.42. The normalized spacial score (nSPS) is 11.4. The molecular weight excluding hydrogens is 347 g/mol. The fourth-order valence-corrected chi connectivity index (χ4v) is 2.84. The van der Waals surface area contributed by atoms with Crippen LogP contribution in [0.4, 0.5) is 18.9 Å². The second-order valence-corrected chi connectivity index (χ2v) is 5.71. The van der Waals surface area contributed by atoms with Crippen molar-refractivity contribution in [1.29, 1.82) is 0 Å². The smallest absolute Gasteiger partial charge is 0.262 e. The summed E-state index contributed by atoms with van der Waals surface area (Å²) in [5, 5.41) is 11.2. The van der Waals surface area contributed by atoms with Gasteiger partial charge in [-0.15, -0.1) is 10.2 Å². The molecule has 0 radical (unpaired) electrons. The zero-order valence-electron chi connectivity index (χ0n) is 13.5. The van der Waals surface area contributed by atoms with Crippen LogP contribution in [-0.4, -0.2) is 19.2 Å². The first-order valence-electron chi connectivity index (χ1n) is 7.68. The molecule has 0 spiro atoms. The highest BCUT2D eigenvalue weighted by atomic mass is 19.2. The maximum absolute atomic E-state index is 13.8. The highest BCUT2D eigenvalue weighted by molar-refractivity contribution is 5.80. The standard InChI is InChI=1S/C17H12F3N5O/c1-24-16(26)9-4-2-3-5-12(9)25-13(22-23-17(24)25)8-21-11-7-6-10(18)14(19)15(11)20/h2-7,21H,8H2,1H3. The zero-order valence-corrected chi connectivity index (χ0v) is 13.5. The van der Waals surface area contributed by atoms with Crippen LogP contribution in [0.5, 0.6) is 0 Å². The molecule has 0 atom stereocenters. The summed E-state index contributed by atoms with van der Waals surface area (Å²) in [6.45, 7) is -0.00857. The Hall–Kier alpha value is -3.36. The van der Waals surface area contributed by atoms with Gasteiger partial charge in [0, 0.05) is 7.05 Å². The van der Waals surface area contributed by atoms with Crippen molar-refractivity contribution in [1.82, 2.24) is 19.2 Å². The van der Waals surface area contributed by atoms with Crippen molar-refractivity contribution < 1.29 is 13.2 Å². The number of fused-ring (bicyclic) bond motifs is 3. The third-order valence-electron chi connectivity index (χ3n) is 4.17. The van der Waals surface area contributed by atoms with E-state index >= 15 is 0 Å². The van der Waals surface area contributed by atoms with Gasteiger partial charge in [0.2, 0.25) is 5.78 Å². The molecule has 4 rings (SSSR count). The predicted octanol–water partition coefficient (Wildman–Crippen LogP) is 2.61. The minimum Gasteiger partial charge on any atom is -0.375 e. The molecule has 0 amide bonds. The molecule has 26 heavy (non-hydrogen) atoms. The van der Waals surface area contributed by atoms with Crippen LogP contribution >= 0.6 is 0 Å². The Morgan fingerprint density at radius 1 is 1.04 bits per heavy atom. The SMILES string of the molecule is Cn1c(=O)c2ccccc2n2c(CNc3ccc(F)c(F)c3F)nnc12. The molecule has 0 fully saturated rings. The van der Waals surface area contributed by atoms with Crippen molar-refractivity contribution in [2.24, 2.45) is 7.05 Å². The van der Waals surface area contributed by atoms with Crippen molar-refractivity contribution in [3.8, 4) is 0 Å². The number of halogens is 3. The van der Waals surface area contributed by atoms with Crippen molar-refractivity contribution in [2.75, 3.05) is 5.32 Å². The summed E-state index contributed by atoms with van der Waals surface area (Å²) >= 11 is 0. The van der Waals surface area contributed by atoms with Gasteiger partial charge in [0.1, 0.15) is 0 Å². The molecular formula is C17H12F3N5O. The molecule has 1 N–H and O–H groups in total. The number of hydrogen-bond acceptors (Lipinski definition) is 4. The third kappa shape index (κ3) is 2.32.